The molecule has 0 fully saturated rings. The predicted octanol–water partition coefficient (Wildman–Crippen LogP) is 3.83. The zero-order valence-corrected chi connectivity index (χ0v) is 19.4. The van der Waals surface area contributed by atoms with Gasteiger partial charge in [-0.25, -0.2) is 0 Å². The van der Waals surface area contributed by atoms with Gasteiger partial charge in [0.25, 0.3) is 5.56 Å². The highest BCUT2D eigenvalue weighted by atomic mass is 32.2. The van der Waals surface area contributed by atoms with Gasteiger partial charge in [-0.05, 0) is 44.9 Å². The topological polar surface area (TPSA) is 117 Å². The average Bonchev–Trinajstić information content (AvgIpc) is 2.71. The monoisotopic (exact) mass is 451 g/mol. The number of aromatic amines is 1. The third kappa shape index (κ3) is 5.42. The van der Waals surface area contributed by atoms with Crippen molar-refractivity contribution < 1.29 is 9.59 Å². The summed E-state index contributed by atoms with van der Waals surface area (Å²) in [6.45, 7) is 9.04. The molecule has 0 bridgehead atoms. The maximum Gasteiger partial charge on any atom is 0.278 e. The summed E-state index contributed by atoms with van der Waals surface area (Å²) in [5.41, 5.74) is 4.46. The van der Waals surface area contributed by atoms with Crippen molar-refractivity contribution in [2.45, 2.75) is 45.0 Å². The maximum absolute atomic E-state index is 12.7. The fourth-order valence-electron chi connectivity index (χ4n) is 3.36. The Hall–Kier alpha value is -3.46. The Morgan fingerprint density at radius 1 is 1.03 bits per heavy atom. The maximum atomic E-state index is 12.7. The minimum Gasteiger partial charge on any atom is -0.326 e. The molecule has 0 unspecified atom stereocenters. The number of thioether (sulfide) groups is 1. The molecule has 0 aliphatic rings. The summed E-state index contributed by atoms with van der Waals surface area (Å²) in [5, 5.41) is 13.5. The SMILES string of the molecule is CC(=O)Nc1ccccc1-c1nnc(S[C@@H](C)C(=O)Nc2c(C)cc(C)cc2C)[nH]c1=O. The third-order valence-corrected chi connectivity index (χ3v) is 5.73. The number of amides is 2. The van der Waals surface area contributed by atoms with E-state index in [1.807, 2.05) is 32.9 Å². The van der Waals surface area contributed by atoms with Crippen molar-refractivity contribution >= 4 is 35.0 Å². The lowest BCUT2D eigenvalue weighted by atomic mass is 10.1. The number of nitrogens with zero attached hydrogens (tertiary/aromatic N) is 2. The van der Waals surface area contributed by atoms with Crippen molar-refractivity contribution in [1.29, 1.82) is 0 Å². The van der Waals surface area contributed by atoms with Crippen LogP contribution in [0.3, 0.4) is 0 Å². The van der Waals surface area contributed by atoms with Crippen molar-refractivity contribution in [3.8, 4) is 11.3 Å². The summed E-state index contributed by atoms with van der Waals surface area (Å²) in [6.07, 6.45) is 0. The van der Waals surface area contributed by atoms with E-state index in [0.717, 1.165) is 34.1 Å². The lowest BCUT2D eigenvalue weighted by molar-refractivity contribution is -0.115. The lowest BCUT2D eigenvalue weighted by Gasteiger charge is -2.16. The molecule has 0 saturated heterocycles. The minimum atomic E-state index is -0.516. The molecule has 0 spiro atoms. The van der Waals surface area contributed by atoms with Crippen LogP contribution < -0.4 is 16.2 Å². The van der Waals surface area contributed by atoms with Crippen molar-refractivity contribution in [1.82, 2.24) is 15.2 Å². The zero-order chi connectivity index (χ0) is 23.4. The van der Waals surface area contributed by atoms with Crippen LogP contribution in [0.4, 0.5) is 11.4 Å². The molecule has 0 saturated carbocycles. The van der Waals surface area contributed by atoms with E-state index in [0.29, 0.717) is 11.3 Å². The molecule has 1 aromatic heterocycles. The van der Waals surface area contributed by atoms with Gasteiger partial charge in [0.05, 0.1) is 10.9 Å². The number of carbonyl (C=O) groups is 2. The van der Waals surface area contributed by atoms with Crippen LogP contribution in [-0.2, 0) is 9.59 Å². The summed E-state index contributed by atoms with van der Waals surface area (Å²) in [7, 11) is 0. The second-order valence-corrected chi connectivity index (χ2v) is 8.89. The van der Waals surface area contributed by atoms with Crippen LogP contribution in [0.2, 0.25) is 0 Å². The predicted molar refractivity (Wildman–Crippen MR) is 127 cm³/mol. The van der Waals surface area contributed by atoms with E-state index in [1.54, 1.807) is 31.2 Å². The fraction of sp³-hybridized carbons (Fsp3) is 0.261. The molecule has 8 nitrogen and oxygen atoms in total. The Labute approximate surface area is 190 Å². The average molecular weight is 452 g/mol. The molecule has 32 heavy (non-hydrogen) atoms. The van der Waals surface area contributed by atoms with E-state index in [1.165, 1.54) is 6.92 Å². The number of benzene rings is 2. The van der Waals surface area contributed by atoms with Gasteiger partial charge in [0.15, 0.2) is 10.9 Å². The normalized spacial score (nSPS) is 11.7. The fourth-order valence-corrected chi connectivity index (χ4v) is 4.10. The van der Waals surface area contributed by atoms with E-state index in [2.05, 4.69) is 25.8 Å². The van der Waals surface area contributed by atoms with Gasteiger partial charge in [-0.2, -0.15) is 0 Å². The van der Waals surface area contributed by atoms with Gasteiger partial charge in [-0.1, -0.05) is 47.7 Å². The van der Waals surface area contributed by atoms with Gasteiger partial charge < -0.3 is 10.6 Å². The smallest absolute Gasteiger partial charge is 0.278 e. The van der Waals surface area contributed by atoms with E-state index in [9.17, 15) is 14.4 Å². The van der Waals surface area contributed by atoms with Crippen molar-refractivity contribution in [3.05, 3.63) is 63.4 Å². The van der Waals surface area contributed by atoms with E-state index >= 15 is 0 Å². The number of aromatic nitrogens is 3. The quantitative estimate of drug-likeness (QED) is 0.490. The Bertz CT molecular complexity index is 1220. The number of rotatable bonds is 6. The molecule has 166 valence electrons. The van der Waals surface area contributed by atoms with Crippen LogP contribution in [0.1, 0.15) is 30.5 Å². The number of H-pyrrole nitrogens is 1. The first-order chi connectivity index (χ1) is 15.2. The molecule has 0 aliphatic carbocycles. The molecule has 2 amide bonds. The molecule has 1 heterocycles. The molecule has 3 aromatic rings. The molecule has 3 rings (SSSR count). The second-order valence-electron chi connectivity index (χ2n) is 7.56. The largest absolute Gasteiger partial charge is 0.326 e. The van der Waals surface area contributed by atoms with Crippen LogP contribution in [0.5, 0.6) is 0 Å². The number of para-hydroxylation sites is 1. The lowest BCUT2D eigenvalue weighted by Crippen LogP contribution is -2.24. The van der Waals surface area contributed by atoms with Gasteiger partial charge in [0, 0.05) is 18.2 Å². The van der Waals surface area contributed by atoms with Crippen LogP contribution in [-0.4, -0.2) is 32.2 Å². The summed E-state index contributed by atoms with van der Waals surface area (Å²) in [5.74, 6) is -0.458. The number of nitrogens with one attached hydrogen (secondary N) is 3. The highest BCUT2D eigenvalue weighted by Crippen LogP contribution is 2.26. The summed E-state index contributed by atoms with van der Waals surface area (Å²) in [6, 6.07) is 10.9. The van der Waals surface area contributed by atoms with E-state index in [-0.39, 0.29) is 22.7 Å². The van der Waals surface area contributed by atoms with Crippen LogP contribution in [0, 0.1) is 20.8 Å². The first-order valence-corrected chi connectivity index (χ1v) is 10.9. The Balaban J connectivity index is 1.77. The first-order valence-electron chi connectivity index (χ1n) is 10.0. The Kier molecular flexibility index (Phi) is 7.09. The molecule has 3 N–H and O–H groups in total. The molecular weight excluding hydrogens is 426 g/mol. The summed E-state index contributed by atoms with van der Waals surface area (Å²) >= 11 is 1.11. The molecule has 0 aliphatic heterocycles. The van der Waals surface area contributed by atoms with Gasteiger partial charge in [0.2, 0.25) is 11.8 Å². The number of anilines is 2. The van der Waals surface area contributed by atoms with Gasteiger partial charge in [0.1, 0.15) is 0 Å². The zero-order valence-electron chi connectivity index (χ0n) is 18.6. The number of hydrogen-bond acceptors (Lipinski definition) is 6. The van der Waals surface area contributed by atoms with Gasteiger partial charge in [-0.3, -0.25) is 19.4 Å². The van der Waals surface area contributed by atoms with Crippen LogP contribution in [0.15, 0.2) is 46.3 Å². The first kappa shape index (κ1) is 23.2. The summed E-state index contributed by atoms with van der Waals surface area (Å²) < 4.78 is 0. The van der Waals surface area contributed by atoms with Crippen molar-refractivity contribution in [2.75, 3.05) is 10.6 Å². The van der Waals surface area contributed by atoms with Crippen LogP contribution in [0.25, 0.3) is 11.3 Å². The van der Waals surface area contributed by atoms with E-state index in [4.69, 9.17) is 0 Å². The number of carbonyl (C=O) groups excluding carboxylic acids is 2. The highest BCUT2D eigenvalue weighted by molar-refractivity contribution is 8.00. The number of hydrogen-bond donors (Lipinski definition) is 3. The van der Waals surface area contributed by atoms with Crippen molar-refractivity contribution in [2.24, 2.45) is 0 Å². The number of aryl methyl sites for hydroxylation is 3. The molecular formula is C23H25N5O3S. The second kappa shape index (κ2) is 9.78. The molecule has 0 radical (unpaired) electrons. The Morgan fingerprint density at radius 2 is 1.69 bits per heavy atom. The summed E-state index contributed by atoms with van der Waals surface area (Å²) in [4.78, 5) is 39.5. The molecule has 1 atom stereocenters. The third-order valence-electron chi connectivity index (χ3n) is 4.75. The highest BCUT2D eigenvalue weighted by Gasteiger charge is 2.19. The van der Waals surface area contributed by atoms with Gasteiger partial charge in [-0.15, -0.1) is 10.2 Å². The Morgan fingerprint density at radius 3 is 2.31 bits per heavy atom. The minimum absolute atomic E-state index is 0.0849. The van der Waals surface area contributed by atoms with Crippen molar-refractivity contribution in [3.63, 3.8) is 0 Å². The standard InChI is InChI=1S/C23H25N5O3S/c1-12-10-13(2)19(14(3)11-12)25-21(30)15(4)32-23-26-22(31)20(27-28-23)17-8-6-7-9-18(17)24-16(5)29/h6-11,15H,1-5H3,(H,24,29)(H,25,30)(H,26,28,31)/t15-/m0/s1. The van der Waals surface area contributed by atoms with Crippen LogP contribution >= 0.6 is 11.8 Å². The molecule has 2 aromatic carbocycles. The van der Waals surface area contributed by atoms with Gasteiger partial charge >= 0.3 is 0 Å². The van der Waals surface area contributed by atoms with E-state index < -0.39 is 10.8 Å². The molecule has 9 heteroatoms.